The molecule has 130 valence electrons. The van der Waals surface area contributed by atoms with Gasteiger partial charge in [-0.3, -0.25) is 9.48 Å². The van der Waals surface area contributed by atoms with E-state index >= 15 is 0 Å². The molecule has 2 aromatic heterocycles. The zero-order valence-corrected chi connectivity index (χ0v) is 12.9. The van der Waals surface area contributed by atoms with E-state index in [-0.39, 0.29) is 6.54 Å². The molecule has 2 heterocycles. The lowest BCUT2D eigenvalue weighted by atomic mass is 10.2. The molecule has 0 aliphatic rings. The monoisotopic (exact) mass is 351 g/mol. The van der Waals surface area contributed by atoms with Gasteiger partial charge in [0.05, 0.1) is 5.69 Å². The molecule has 0 saturated heterocycles. The van der Waals surface area contributed by atoms with E-state index in [4.69, 9.17) is 0 Å². The molecule has 1 N–H and O–H groups in total. The molecule has 0 saturated carbocycles. The Morgan fingerprint density at radius 1 is 1.28 bits per heavy atom. The minimum Gasteiger partial charge on any atom is -0.324 e. The van der Waals surface area contributed by atoms with Crippen LogP contribution in [0.4, 0.5) is 18.9 Å². The summed E-state index contributed by atoms with van der Waals surface area (Å²) >= 11 is 0. The average molecular weight is 351 g/mol. The first-order valence-corrected chi connectivity index (χ1v) is 7.07. The summed E-state index contributed by atoms with van der Waals surface area (Å²) in [6.07, 6.45) is -2.03. The van der Waals surface area contributed by atoms with Gasteiger partial charge in [0.25, 0.3) is 0 Å². The summed E-state index contributed by atoms with van der Waals surface area (Å²) in [6, 6.07) is 5.91. The summed E-state index contributed by atoms with van der Waals surface area (Å²) in [7, 11) is 0. The quantitative estimate of drug-likeness (QED) is 0.774. The van der Waals surface area contributed by atoms with E-state index in [0.29, 0.717) is 11.4 Å². The van der Waals surface area contributed by atoms with Gasteiger partial charge in [-0.2, -0.15) is 18.3 Å². The van der Waals surface area contributed by atoms with Gasteiger partial charge in [-0.15, -0.1) is 5.10 Å². The van der Waals surface area contributed by atoms with Crippen molar-refractivity contribution >= 4 is 11.6 Å². The lowest BCUT2D eigenvalue weighted by Crippen LogP contribution is -2.20. The number of benzene rings is 1. The standard InChI is InChI=1S/C14H12F3N7O/c1-9-2-3-10(6-11(9)24-8-18-21-22-24)19-13(25)7-23-5-4-12(20-23)14(15,16)17/h2-6,8H,7H2,1H3,(H,19,25). The average Bonchev–Trinajstić information content (AvgIpc) is 3.19. The predicted molar refractivity (Wildman–Crippen MR) is 79.7 cm³/mol. The van der Waals surface area contributed by atoms with Crippen molar-refractivity contribution in [2.45, 2.75) is 19.6 Å². The minimum absolute atomic E-state index is 0.343. The highest BCUT2D eigenvalue weighted by Gasteiger charge is 2.33. The molecule has 1 amide bonds. The number of anilines is 1. The van der Waals surface area contributed by atoms with Crippen LogP contribution in [0.25, 0.3) is 5.69 Å². The molecule has 0 unspecified atom stereocenters. The molecule has 0 bridgehead atoms. The Morgan fingerprint density at radius 2 is 2.08 bits per heavy atom. The summed E-state index contributed by atoms with van der Waals surface area (Å²) in [5.41, 5.74) is 0.967. The molecule has 0 fully saturated rings. The van der Waals surface area contributed by atoms with Gasteiger partial charge in [-0.05, 0) is 41.1 Å². The first-order valence-electron chi connectivity index (χ1n) is 7.07. The van der Waals surface area contributed by atoms with Crippen molar-refractivity contribution in [3.05, 3.63) is 48.0 Å². The fourth-order valence-electron chi connectivity index (χ4n) is 2.15. The van der Waals surface area contributed by atoms with Crippen LogP contribution in [0.3, 0.4) is 0 Å². The van der Waals surface area contributed by atoms with Crippen molar-refractivity contribution in [2.24, 2.45) is 0 Å². The second kappa shape index (κ2) is 6.34. The summed E-state index contributed by atoms with van der Waals surface area (Å²) in [5.74, 6) is -0.511. The Kier molecular flexibility index (Phi) is 4.21. The van der Waals surface area contributed by atoms with E-state index in [2.05, 4.69) is 25.9 Å². The second-order valence-electron chi connectivity index (χ2n) is 5.20. The molecule has 1 aromatic carbocycles. The molecule has 0 aliphatic heterocycles. The van der Waals surface area contributed by atoms with Gasteiger partial charge < -0.3 is 5.32 Å². The molecule has 3 rings (SSSR count). The maximum absolute atomic E-state index is 12.5. The Bertz CT molecular complexity index is 886. The molecule has 3 aromatic rings. The maximum atomic E-state index is 12.5. The second-order valence-corrected chi connectivity index (χ2v) is 5.20. The van der Waals surface area contributed by atoms with E-state index in [1.54, 1.807) is 18.2 Å². The third-order valence-corrected chi connectivity index (χ3v) is 3.33. The van der Waals surface area contributed by atoms with Crippen molar-refractivity contribution in [3.8, 4) is 5.69 Å². The van der Waals surface area contributed by atoms with Crippen molar-refractivity contribution in [2.75, 3.05) is 5.32 Å². The Balaban J connectivity index is 1.71. The van der Waals surface area contributed by atoms with E-state index in [1.165, 1.54) is 11.0 Å². The number of amides is 1. The van der Waals surface area contributed by atoms with Crippen LogP contribution in [-0.2, 0) is 17.5 Å². The van der Waals surface area contributed by atoms with Gasteiger partial charge in [0.1, 0.15) is 12.9 Å². The van der Waals surface area contributed by atoms with Crippen LogP contribution < -0.4 is 5.32 Å². The van der Waals surface area contributed by atoms with Gasteiger partial charge in [0.15, 0.2) is 5.69 Å². The van der Waals surface area contributed by atoms with Crippen LogP contribution in [0.2, 0.25) is 0 Å². The first kappa shape index (κ1) is 16.6. The highest BCUT2D eigenvalue weighted by atomic mass is 19.4. The van der Waals surface area contributed by atoms with Gasteiger partial charge >= 0.3 is 6.18 Å². The fraction of sp³-hybridized carbons (Fsp3) is 0.214. The topological polar surface area (TPSA) is 90.5 Å². The van der Waals surface area contributed by atoms with E-state index in [1.807, 2.05) is 6.92 Å². The molecule has 0 atom stereocenters. The molecule has 0 spiro atoms. The Morgan fingerprint density at radius 3 is 2.72 bits per heavy atom. The highest BCUT2D eigenvalue weighted by molar-refractivity contribution is 5.90. The zero-order chi connectivity index (χ0) is 18.0. The molecule has 8 nitrogen and oxygen atoms in total. The summed E-state index contributed by atoms with van der Waals surface area (Å²) in [5, 5.41) is 16.8. The molecule has 0 radical (unpaired) electrons. The van der Waals surface area contributed by atoms with Gasteiger partial charge in [-0.1, -0.05) is 6.07 Å². The lowest BCUT2D eigenvalue weighted by molar-refractivity contribution is -0.141. The zero-order valence-electron chi connectivity index (χ0n) is 12.9. The number of nitrogens with zero attached hydrogens (tertiary/aromatic N) is 6. The number of halogens is 3. The van der Waals surface area contributed by atoms with Crippen LogP contribution >= 0.6 is 0 Å². The number of carbonyl (C=O) groups is 1. The number of rotatable bonds is 4. The SMILES string of the molecule is Cc1ccc(NC(=O)Cn2ccc(C(F)(F)F)n2)cc1-n1cnnn1. The number of tetrazole rings is 1. The van der Waals surface area contributed by atoms with Crippen molar-refractivity contribution in [1.29, 1.82) is 0 Å². The maximum Gasteiger partial charge on any atom is 0.435 e. The Labute approximate surface area is 139 Å². The predicted octanol–water partition coefficient (Wildman–Crippen LogP) is 1.82. The number of hydrogen-bond donors (Lipinski definition) is 1. The third kappa shape index (κ3) is 3.82. The van der Waals surface area contributed by atoms with E-state index in [0.717, 1.165) is 22.5 Å². The first-order chi connectivity index (χ1) is 11.8. The van der Waals surface area contributed by atoms with E-state index < -0.39 is 17.8 Å². The number of hydrogen-bond acceptors (Lipinski definition) is 5. The van der Waals surface area contributed by atoms with Crippen LogP contribution in [0.15, 0.2) is 36.8 Å². The van der Waals surface area contributed by atoms with Crippen molar-refractivity contribution in [3.63, 3.8) is 0 Å². The molecule has 25 heavy (non-hydrogen) atoms. The molecular formula is C14H12F3N7O. The van der Waals surface area contributed by atoms with Crippen LogP contribution in [0, 0.1) is 6.92 Å². The molecule has 11 heteroatoms. The largest absolute Gasteiger partial charge is 0.435 e. The summed E-state index contributed by atoms with van der Waals surface area (Å²) in [4.78, 5) is 12.0. The minimum atomic E-state index is -4.54. The van der Waals surface area contributed by atoms with Gasteiger partial charge in [-0.25, -0.2) is 4.68 Å². The number of alkyl halides is 3. The van der Waals surface area contributed by atoms with Gasteiger partial charge in [0, 0.05) is 11.9 Å². The number of aromatic nitrogens is 6. The summed E-state index contributed by atoms with van der Waals surface area (Å²) in [6.45, 7) is 1.51. The molecular weight excluding hydrogens is 339 g/mol. The number of carbonyl (C=O) groups excluding carboxylic acids is 1. The van der Waals surface area contributed by atoms with Gasteiger partial charge in [0.2, 0.25) is 5.91 Å². The smallest absolute Gasteiger partial charge is 0.324 e. The lowest BCUT2D eigenvalue weighted by Gasteiger charge is -2.09. The molecule has 0 aliphatic carbocycles. The highest BCUT2D eigenvalue weighted by Crippen LogP contribution is 2.27. The number of aryl methyl sites for hydroxylation is 1. The van der Waals surface area contributed by atoms with Crippen LogP contribution in [0.5, 0.6) is 0 Å². The van der Waals surface area contributed by atoms with Crippen molar-refractivity contribution < 1.29 is 18.0 Å². The summed E-state index contributed by atoms with van der Waals surface area (Å²) < 4.78 is 39.9. The fourth-order valence-corrected chi connectivity index (χ4v) is 2.15. The van der Waals surface area contributed by atoms with E-state index in [9.17, 15) is 18.0 Å². The third-order valence-electron chi connectivity index (χ3n) is 3.33. The Hall–Kier alpha value is -3.24. The van der Waals surface area contributed by atoms with Crippen molar-refractivity contribution in [1.82, 2.24) is 30.0 Å². The number of nitrogens with one attached hydrogen (secondary N) is 1. The normalized spacial score (nSPS) is 11.5. The van der Waals surface area contributed by atoms with Crippen LogP contribution in [-0.4, -0.2) is 35.9 Å². The van der Waals surface area contributed by atoms with Crippen LogP contribution in [0.1, 0.15) is 11.3 Å².